The second kappa shape index (κ2) is 6.76. The van der Waals surface area contributed by atoms with Crippen LogP contribution in [0.1, 0.15) is 25.8 Å². The van der Waals surface area contributed by atoms with Gasteiger partial charge in [-0.3, -0.25) is 4.90 Å². The Morgan fingerprint density at radius 2 is 2.11 bits per heavy atom. The molecule has 0 aromatic heterocycles. The van der Waals surface area contributed by atoms with Crippen molar-refractivity contribution < 1.29 is 4.74 Å². The highest BCUT2D eigenvalue weighted by atomic mass is 16.5. The fourth-order valence-corrected chi connectivity index (χ4v) is 2.33. The van der Waals surface area contributed by atoms with Crippen molar-refractivity contribution in [1.29, 1.82) is 0 Å². The van der Waals surface area contributed by atoms with Crippen LogP contribution in [0.15, 0.2) is 24.3 Å². The Morgan fingerprint density at radius 1 is 1.33 bits per heavy atom. The summed E-state index contributed by atoms with van der Waals surface area (Å²) in [7, 11) is 0. The first-order chi connectivity index (χ1) is 8.78. The zero-order chi connectivity index (χ0) is 12.8. The number of nitrogens with one attached hydrogen (secondary N) is 1. The molecular formula is C15H24N2O. The topological polar surface area (TPSA) is 24.5 Å². The van der Waals surface area contributed by atoms with E-state index in [1.807, 2.05) is 0 Å². The van der Waals surface area contributed by atoms with Crippen molar-refractivity contribution in [2.45, 2.75) is 32.9 Å². The Hall–Kier alpha value is -1.06. The molecule has 0 aliphatic carbocycles. The summed E-state index contributed by atoms with van der Waals surface area (Å²) in [5.74, 6) is 0.981. The van der Waals surface area contributed by atoms with E-state index < -0.39 is 0 Å². The van der Waals surface area contributed by atoms with Crippen molar-refractivity contribution >= 4 is 0 Å². The molecule has 1 heterocycles. The van der Waals surface area contributed by atoms with Crippen LogP contribution in [0.25, 0.3) is 0 Å². The largest absolute Gasteiger partial charge is 0.494 e. The van der Waals surface area contributed by atoms with E-state index in [4.69, 9.17) is 4.74 Å². The second-order valence-corrected chi connectivity index (χ2v) is 5.08. The van der Waals surface area contributed by atoms with Crippen LogP contribution >= 0.6 is 0 Å². The third-order valence-corrected chi connectivity index (χ3v) is 3.26. The molecule has 3 nitrogen and oxygen atoms in total. The summed E-state index contributed by atoms with van der Waals surface area (Å²) in [6.45, 7) is 9.58. The first-order valence-corrected chi connectivity index (χ1v) is 6.95. The molecule has 0 radical (unpaired) electrons. The molecule has 1 aromatic carbocycles. The summed E-state index contributed by atoms with van der Waals surface area (Å²) in [5.41, 5.74) is 1.37. The van der Waals surface area contributed by atoms with Gasteiger partial charge < -0.3 is 10.1 Å². The van der Waals surface area contributed by atoms with Crippen molar-refractivity contribution in [3.8, 4) is 5.75 Å². The highest BCUT2D eigenvalue weighted by Crippen LogP contribution is 2.14. The van der Waals surface area contributed by atoms with Crippen molar-refractivity contribution in [3.05, 3.63) is 29.8 Å². The first kappa shape index (κ1) is 13.4. The molecule has 1 saturated heterocycles. The molecule has 1 atom stereocenters. The average Bonchev–Trinajstić information content (AvgIpc) is 2.38. The minimum atomic E-state index is 0.603. The highest BCUT2D eigenvalue weighted by Gasteiger charge is 2.15. The van der Waals surface area contributed by atoms with Crippen LogP contribution < -0.4 is 10.1 Å². The molecule has 18 heavy (non-hydrogen) atoms. The van der Waals surface area contributed by atoms with Gasteiger partial charge in [0.15, 0.2) is 0 Å². The molecule has 1 aliphatic heterocycles. The number of ether oxygens (including phenoxy) is 1. The fraction of sp³-hybridized carbons (Fsp3) is 0.600. The maximum absolute atomic E-state index is 5.59. The van der Waals surface area contributed by atoms with Crippen molar-refractivity contribution in [3.63, 3.8) is 0 Å². The Morgan fingerprint density at radius 3 is 2.78 bits per heavy atom. The van der Waals surface area contributed by atoms with Gasteiger partial charge in [0.25, 0.3) is 0 Å². The van der Waals surface area contributed by atoms with Crippen LogP contribution in [0, 0.1) is 0 Å². The van der Waals surface area contributed by atoms with Crippen LogP contribution in [0.4, 0.5) is 0 Å². The summed E-state index contributed by atoms with van der Waals surface area (Å²) in [4.78, 5) is 2.50. The third kappa shape index (κ3) is 4.00. The number of hydrogen-bond acceptors (Lipinski definition) is 3. The number of hydrogen-bond donors (Lipinski definition) is 1. The predicted octanol–water partition coefficient (Wildman–Crippen LogP) is 2.27. The highest BCUT2D eigenvalue weighted by molar-refractivity contribution is 5.27. The lowest BCUT2D eigenvalue weighted by molar-refractivity contribution is 0.199. The quantitative estimate of drug-likeness (QED) is 0.865. The van der Waals surface area contributed by atoms with Crippen LogP contribution in [-0.2, 0) is 6.54 Å². The lowest BCUT2D eigenvalue weighted by Crippen LogP contribution is -2.48. The van der Waals surface area contributed by atoms with E-state index in [2.05, 4.69) is 48.3 Å². The lowest BCUT2D eigenvalue weighted by Gasteiger charge is -2.31. The van der Waals surface area contributed by atoms with Gasteiger partial charge in [-0.25, -0.2) is 0 Å². The maximum atomic E-state index is 5.59. The van der Waals surface area contributed by atoms with Gasteiger partial charge in [-0.15, -0.1) is 0 Å². The summed E-state index contributed by atoms with van der Waals surface area (Å²) in [6.07, 6.45) is 1.06. The summed E-state index contributed by atoms with van der Waals surface area (Å²) < 4.78 is 5.59. The van der Waals surface area contributed by atoms with E-state index in [9.17, 15) is 0 Å². The zero-order valence-corrected chi connectivity index (χ0v) is 11.5. The van der Waals surface area contributed by atoms with Gasteiger partial charge in [-0.05, 0) is 31.0 Å². The van der Waals surface area contributed by atoms with Gasteiger partial charge >= 0.3 is 0 Å². The van der Waals surface area contributed by atoms with Crippen LogP contribution in [0.2, 0.25) is 0 Å². The van der Waals surface area contributed by atoms with Gasteiger partial charge in [0.05, 0.1) is 6.61 Å². The fourth-order valence-electron chi connectivity index (χ4n) is 2.33. The molecule has 0 saturated carbocycles. The molecule has 100 valence electrons. The normalized spacial score (nSPS) is 20.9. The number of rotatable bonds is 5. The molecular weight excluding hydrogens is 224 g/mol. The van der Waals surface area contributed by atoms with Crippen molar-refractivity contribution in [2.24, 2.45) is 0 Å². The zero-order valence-electron chi connectivity index (χ0n) is 11.5. The van der Waals surface area contributed by atoms with Gasteiger partial charge in [-0.1, -0.05) is 19.1 Å². The Balaban J connectivity index is 1.85. The molecule has 1 fully saturated rings. The Labute approximate surface area is 110 Å². The van der Waals surface area contributed by atoms with E-state index >= 15 is 0 Å². The molecule has 1 N–H and O–H groups in total. The molecule has 1 aliphatic rings. The molecule has 3 heteroatoms. The van der Waals surface area contributed by atoms with E-state index in [0.717, 1.165) is 45.0 Å². The monoisotopic (exact) mass is 248 g/mol. The van der Waals surface area contributed by atoms with Crippen molar-refractivity contribution in [2.75, 3.05) is 26.2 Å². The summed E-state index contributed by atoms with van der Waals surface area (Å²) >= 11 is 0. The van der Waals surface area contributed by atoms with Gasteiger partial charge in [-0.2, -0.15) is 0 Å². The average molecular weight is 248 g/mol. The number of benzene rings is 1. The molecule has 0 bridgehead atoms. The van der Waals surface area contributed by atoms with Crippen molar-refractivity contribution in [1.82, 2.24) is 10.2 Å². The third-order valence-electron chi connectivity index (χ3n) is 3.26. The molecule has 0 unspecified atom stereocenters. The number of nitrogens with zero attached hydrogens (tertiary/aromatic N) is 1. The predicted molar refractivity (Wildman–Crippen MR) is 75.0 cm³/mol. The van der Waals surface area contributed by atoms with Crippen LogP contribution in [0.3, 0.4) is 0 Å². The Kier molecular flexibility index (Phi) is 5.02. The summed E-state index contributed by atoms with van der Waals surface area (Å²) in [5, 5.41) is 3.47. The standard InChI is InChI=1S/C15H24N2O/c1-3-10-18-15-6-4-14(5-7-15)12-17-9-8-16-13(2)11-17/h4-7,13,16H,3,8-12H2,1-2H3/t13-/m1/s1. The minimum Gasteiger partial charge on any atom is -0.494 e. The van der Waals surface area contributed by atoms with Gasteiger partial charge in [0.1, 0.15) is 5.75 Å². The summed E-state index contributed by atoms with van der Waals surface area (Å²) in [6, 6.07) is 9.12. The molecule has 0 spiro atoms. The SMILES string of the molecule is CCCOc1ccc(CN2CCN[C@H](C)C2)cc1. The van der Waals surface area contributed by atoms with E-state index in [-0.39, 0.29) is 0 Å². The minimum absolute atomic E-state index is 0.603. The molecule has 2 rings (SSSR count). The Bertz CT molecular complexity index is 350. The molecule has 0 amide bonds. The van der Waals surface area contributed by atoms with Crippen LogP contribution in [-0.4, -0.2) is 37.2 Å². The smallest absolute Gasteiger partial charge is 0.119 e. The second-order valence-electron chi connectivity index (χ2n) is 5.08. The lowest BCUT2D eigenvalue weighted by atomic mass is 10.1. The van der Waals surface area contributed by atoms with Gasteiger partial charge in [0.2, 0.25) is 0 Å². The van der Waals surface area contributed by atoms with Gasteiger partial charge in [0, 0.05) is 32.2 Å². The molecule has 1 aromatic rings. The van der Waals surface area contributed by atoms with Crippen LogP contribution in [0.5, 0.6) is 5.75 Å². The first-order valence-electron chi connectivity index (χ1n) is 6.95. The number of piperazine rings is 1. The van der Waals surface area contributed by atoms with E-state index in [1.165, 1.54) is 5.56 Å². The maximum Gasteiger partial charge on any atom is 0.119 e. The van der Waals surface area contributed by atoms with E-state index in [1.54, 1.807) is 0 Å². The van der Waals surface area contributed by atoms with E-state index in [0.29, 0.717) is 6.04 Å².